The molecule has 0 radical (unpaired) electrons. The van der Waals surface area contributed by atoms with Crippen molar-refractivity contribution in [2.24, 2.45) is 0 Å². The highest BCUT2D eigenvalue weighted by atomic mass is 15.0. The number of rotatable bonds is 0. The first-order valence-corrected chi connectivity index (χ1v) is 6.92. The van der Waals surface area contributed by atoms with Gasteiger partial charge in [0.05, 0.1) is 16.6 Å². The number of hydrogen-bond donors (Lipinski definition) is 0. The number of fused-ring (bicyclic) bond motifs is 5. The molecule has 2 aromatic heterocycles. The average molecular weight is 260 g/mol. The van der Waals surface area contributed by atoms with Gasteiger partial charge in [-0.2, -0.15) is 0 Å². The van der Waals surface area contributed by atoms with E-state index in [9.17, 15) is 0 Å². The van der Waals surface area contributed by atoms with Crippen molar-refractivity contribution in [1.82, 2.24) is 9.38 Å². The molecule has 2 nitrogen and oxygen atoms in total. The molecule has 0 saturated carbocycles. The van der Waals surface area contributed by atoms with Gasteiger partial charge in [0.2, 0.25) is 0 Å². The first kappa shape index (κ1) is 11.5. The zero-order valence-corrected chi connectivity index (χ0v) is 11.9. The van der Waals surface area contributed by atoms with Gasteiger partial charge in [-0.15, -0.1) is 0 Å². The summed E-state index contributed by atoms with van der Waals surface area (Å²) in [6, 6.07) is 15.2. The summed E-state index contributed by atoms with van der Waals surface area (Å²) in [6.45, 7) is 6.42. The van der Waals surface area contributed by atoms with Gasteiger partial charge in [-0.3, -0.25) is 4.40 Å². The summed E-state index contributed by atoms with van der Waals surface area (Å²) in [5, 5.41) is 1.30. The Morgan fingerprint density at radius 1 is 0.800 bits per heavy atom. The third kappa shape index (κ3) is 1.48. The van der Waals surface area contributed by atoms with Crippen molar-refractivity contribution in [2.45, 2.75) is 20.8 Å². The highest BCUT2D eigenvalue weighted by molar-refractivity contribution is 5.92. The summed E-state index contributed by atoms with van der Waals surface area (Å²) < 4.78 is 2.27. The molecule has 0 aliphatic carbocycles. The molecule has 0 fully saturated rings. The normalized spacial score (nSPS) is 11.8. The Morgan fingerprint density at radius 2 is 1.55 bits per heavy atom. The lowest BCUT2D eigenvalue weighted by atomic mass is 10.1. The summed E-state index contributed by atoms with van der Waals surface area (Å²) >= 11 is 0. The minimum atomic E-state index is 1.03. The minimum Gasteiger partial charge on any atom is -0.292 e. The SMILES string of the molecule is Cc1ccc2c(c1)c(C)cc1nc3ccc(C)cc3n12. The van der Waals surface area contributed by atoms with E-state index in [0.29, 0.717) is 0 Å². The lowest BCUT2D eigenvalue weighted by Crippen LogP contribution is -1.91. The third-order valence-electron chi connectivity index (χ3n) is 4.00. The van der Waals surface area contributed by atoms with Gasteiger partial charge in [-0.05, 0) is 62.2 Å². The molecule has 0 amide bonds. The van der Waals surface area contributed by atoms with Crippen molar-refractivity contribution in [3.63, 3.8) is 0 Å². The Labute approximate surface area is 117 Å². The topological polar surface area (TPSA) is 17.3 Å². The molecule has 0 spiro atoms. The minimum absolute atomic E-state index is 1.03. The van der Waals surface area contributed by atoms with E-state index < -0.39 is 0 Å². The van der Waals surface area contributed by atoms with E-state index in [4.69, 9.17) is 4.98 Å². The molecule has 2 heterocycles. The van der Waals surface area contributed by atoms with Crippen LogP contribution in [-0.2, 0) is 0 Å². The maximum Gasteiger partial charge on any atom is 0.138 e. The molecule has 98 valence electrons. The second kappa shape index (κ2) is 3.83. The molecule has 20 heavy (non-hydrogen) atoms. The number of pyridine rings is 1. The van der Waals surface area contributed by atoms with Gasteiger partial charge in [0.25, 0.3) is 0 Å². The molecule has 4 rings (SSSR count). The number of benzene rings is 2. The zero-order valence-electron chi connectivity index (χ0n) is 11.9. The van der Waals surface area contributed by atoms with Gasteiger partial charge >= 0.3 is 0 Å². The summed E-state index contributed by atoms with van der Waals surface area (Å²) in [6.07, 6.45) is 0. The Kier molecular flexibility index (Phi) is 2.19. The fourth-order valence-electron chi connectivity index (χ4n) is 2.99. The van der Waals surface area contributed by atoms with Crippen LogP contribution in [0, 0.1) is 20.8 Å². The maximum absolute atomic E-state index is 4.75. The van der Waals surface area contributed by atoms with Crippen molar-refractivity contribution in [1.29, 1.82) is 0 Å². The molecular weight excluding hydrogens is 244 g/mol. The van der Waals surface area contributed by atoms with Crippen LogP contribution in [0.1, 0.15) is 16.7 Å². The van der Waals surface area contributed by atoms with E-state index in [0.717, 1.165) is 11.2 Å². The standard InChI is InChI=1S/C18H16N2/c1-11-5-7-16-14(8-11)13(3)10-18-19-15-6-4-12(2)9-17(15)20(16)18/h4-10H,1-3H3. The van der Waals surface area contributed by atoms with Crippen molar-refractivity contribution in [3.05, 3.63) is 59.2 Å². The van der Waals surface area contributed by atoms with E-state index in [-0.39, 0.29) is 0 Å². The molecule has 2 heteroatoms. The van der Waals surface area contributed by atoms with Crippen LogP contribution in [0.2, 0.25) is 0 Å². The van der Waals surface area contributed by atoms with Crippen LogP contribution in [0.4, 0.5) is 0 Å². The van der Waals surface area contributed by atoms with Gasteiger partial charge in [0.15, 0.2) is 0 Å². The molecule has 0 bridgehead atoms. The molecule has 0 unspecified atom stereocenters. The van der Waals surface area contributed by atoms with Crippen LogP contribution in [-0.4, -0.2) is 9.38 Å². The predicted molar refractivity (Wildman–Crippen MR) is 84.4 cm³/mol. The summed E-state index contributed by atoms with van der Waals surface area (Å²) in [5.74, 6) is 0. The van der Waals surface area contributed by atoms with Crippen LogP contribution < -0.4 is 0 Å². The van der Waals surface area contributed by atoms with E-state index in [1.807, 2.05) is 0 Å². The predicted octanol–water partition coefficient (Wildman–Crippen LogP) is 4.57. The number of imidazole rings is 1. The van der Waals surface area contributed by atoms with E-state index >= 15 is 0 Å². The fraction of sp³-hybridized carbons (Fsp3) is 0.167. The first-order valence-electron chi connectivity index (χ1n) is 6.92. The van der Waals surface area contributed by atoms with Crippen LogP contribution >= 0.6 is 0 Å². The van der Waals surface area contributed by atoms with E-state index in [1.54, 1.807) is 0 Å². The van der Waals surface area contributed by atoms with Gasteiger partial charge in [-0.1, -0.05) is 17.7 Å². The van der Waals surface area contributed by atoms with Gasteiger partial charge in [0.1, 0.15) is 5.65 Å². The maximum atomic E-state index is 4.75. The summed E-state index contributed by atoms with van der Waals surface area (Å²) in [7, 11) is 0. The number of hydrogen-bond acceptors (Lipinski definition) is 1. The summed E-state index contributed by atoms with van der Waals surface area (Å²) in [4.78, 5) is 4.75. The van der Waals surface area contributed by atoms with Gasteiger partial charge in [-0.25, -0.2) is 4.98 Å². The molecule has 0 N–H and O–H groups in total. The van der Waals surface area contributed by atoms with Crippen molar-refractivity contribution in [2.75, 3.05) is 0 Å². The molecule has 0 atom stereocenters. The Balaban J connectivity index is 2.32. The smallest absolute Gasteiger partial charge is 0.138 e. The lowest BCUT2D eigenvalue weighted by molar-refractivity contribution is 1.27. The quantitative estimate of drug-likeness (QED) is 0.453. The van der Waals surface area contributed by atoms with Crippen LogP contribution in [0.15, 0.2) is 42.5 Å². The summed E-state index contributed by atoms with van der Waals surface area (Å²) in [5.41, 5.74) is 8.35. The molecule has 0 saturated heterocycles. The van der Waals surface area contributed by atoms with Crippen LogP contribution in [0.3, 0.4) is 0 Å². The highest BCUT2D eigenvalue weighted by Gasteiger charge is 2.10. The molecule has 0 aliphatic rings. The second-order valence-corrected chi connectivity index (χ2v) is 5.65. The number of nitrogens with zero attached hydrogens (tertiary/aromatic N) is 2. The fourth-order valence-corrected chi connectivity index (χ4v) is 2.99. The van der Waals surface area contributed by atoms with Crippen molar-refractivity contribution in [3.8, 4) is 0 Å². The molecule has 4 aromatic rings. The van der Waals surface area contributed by atoms with Crippen molar-refractivity contribution < 1.29 is 0 Å². The van der Waals surface area contributed by atoms with Crippen LogP contribution in [0.25, 0.3) is 27.6 Å². The zero-order chi connectivity index (χ0) is 13.9. The van der Waals surface area contributed by atoms with Crippen LogP contribution in [0.5, 0.6) is 0 Å². The average Bonchev–Trinajstić information content (AvgIpc) is 2.76. The van der Waals surface area contributed by atoms with Gasteiger partial charge < -0.3 is 0 Å². The third-order valence-corrected chi connectivity index (χ3v) is 4.00. The second-order valence-electron chi connectivity index (χ2n) is 5.65. The van der Waals surface area contributed by atoms with Gasteiger partial charge in [0, 0.05) is 5.39 Å². The van der Waals surface area contributed by atoms with E-state index in [1.165, 1.54) is 33.1 Å². The Morgan fingerprint density at radius 3 is 2.40 bits per heavy atom. The highest BCUT2D eigenvalue weighted by Crippen LogP contribution is 2.27. The largest absolute Gasteiger partial charge is 0.292 e. The lowest BCUT2D eigenvalue weighted by Gasteiger charge is -2.07. The monoisotopic (exact) mass is 260 g/mol. The first-order chi connectivity index (χ1) is 9.63. The number of aryl methyl sites for hydroxylation is 3. The van der Waals surface area contributed by atoms with Crippen molar-refractivity contribution >= 4 is 27.6 Å². The molecule has 2 aromatic carbocycles. The van der Waals surface area contributed by atoms with E-state index in [2.05, 4.69) is 67.6 Å². The molecular formula is C18H16N2. The Hall–Kier alpha value is -2.35. The molecule has 0 aliphatic heterocycles. The number of aromatic nitrogens is 2. The Bertz CT molecular complexity index is 977.